The van der Waals surface area contributed by atoms with Crippen LogP contribution in [-0.2, 0) is 0 Å². The lowest BCUT2D eigenvalue weighted by Gasteiger charge is -2.43. The van der Waals surface area contributed by atoms with Crippen LogP contribution in [0.1, 0.15) is 12.8 Å². The molecule has 0 aliphatic carbocycles. The fourth-order valence-corrected chi connectivity index (χ4v) is 3.68. The summed E-state index contributed by atoms with van der Waals surface area (Å²) in [4.78, 5) is 0. The van der Waals surface area contributed by atoms with Gasteiger partial charge in [-0.1, -0.05) is 12.1 Å². The minimum atomic E-state index is 0.319. The number of para-hydroxylation sites is 2. The molecule has 15 heavy (non-hydrogen) atoms. The first-order chi connectivity index (χ1) is 7.38. The number of hydrogen-bond donors (Lipinski definition) is 2. The molecular weight excluding hydrogens is 204 g/mol. The van der Waals surface area contributed by atoms with Gasteiger partial charge in [-0.15, -0.1) is 0 Å². The van der Waals surface area contributed by atoms with Gasteiger partial charge in [-0.3, -0.25) is 0 Å². The maximum Gasteiger partial charge on any atom is 0.0580 e. The van der Waals surface area contributed by atoms with Crippen molar-refractivity contribution in [2.75, 3.05) is 28.7 Å². The molecule has 80 valence electrons. The third-order valence-corrected chi connectivity index (χ3v) is 4.38. The lowest BCUT2D eigenvalue weighted by Crippen LogP contribution is -2.50. The van der Waals surface area contributed by atoms with E-state index in [0.29, 0.717) is 5.54 Å². The molecule has 0 unspecified atom stereocenters. The average Bonchev–Trinajstić information content (AvgIpc) is 2.30. The summed E-state index contributed by atoms with van der Waals surface area (Å²) in [5.41, 5.74) is 2.84. The summed E-state index contributed by atoms with van der Waals surface area (Å²) in [6.07, 6.45) is 2.55. The van der Waals surface area contributed by atoms with Gasteiger partial charge in [0, 0.05) is 6.54 Å². The molecule has 0 amide bonds. The van der Waals surface area contributed by atoms with Crippen molar-refractivity contribution >= 4 is 23.1 Å². The molecule has 2 nitrogen and oxygen atoms in total. The Hall–Kier alpha value is -0.830. The van der Waals surface area contributed by atoms with Gasteiger partial charge < -0.3 is 10.6 Å². The molecular formula is C12H16N2S. The van der Waals surface area contributed by atoms with E-state index in [0.717, 1.165) is 6.54 Å². The van der Waals surface area contributed by atoms with Crippen molar-refractivity contribution in [2.45, 2.75) is 18.4 Å². The van der Waals surface area contributed by atoms with Crippen LogP contribution in [0.15, 0.2) is 24.3 Å². The average molecular weight is 220 g/mol. The van der Waals surface area contributed by atoms with E-state index in [1.54, 1.807) is 0 Å². The van der Waals surface area contributed by atoms with E-state index < -0.39 is 0 Å². The number of rotatable bonds is 0. The standard InChI is InChI=1S/C12H16N2S/c1-2-4-11-10(3-1)13-9-12(14-11)5-7-15-8-6-12/h1-4,13-14H,5-9H2. The van der Waals surface area contributed by atoms with Gasteiger partial charge >= 0.3 is 0 Å². The minimum Gasteiger partial charge on any atom is -0.381 e. The second-order valence-corrected chi connectivity index (χ2v) is 5.64. The van der Waals surface area contributed by atoms with Crippen molar-refractivity contribution in [1.82, 2.24) is 0 Å². The summed E-state index contributed by atoms with van der Waals surface area (Å²) in [5.74, 6) is 2.58. The smallest absolute Gasteiger partial charge is 0.0580 e. The van der Waals surface area contributed by atoms with Crippen LogP contribution in [0.2, 0.25) is 0 Å². The molecule has 0 aromatic heterocycles. The molecule has 1 spiro atoms. The van der Waals surface area contributed by atoms with Crippen molar-refractivity contribution < 1.29 is 0 Å². The number of anilines is 2. The number of thioether (sulfide) groups is 1. The molecule has 3 heteroatoms. The van der Waals surface area contributed by atoms with E-state index in [-0.39, 0.29) is 0 Å². The zero-order valence-electron chi connectivity index (χ0n) is 8.75. The topological polar surface area (TPSA) is 24.1 Å². The Morgan fingerprint density at radius 1 is 1.07 bits per heavy atom. The van der Waals surface area contributed by atoms with Gasteiger partial charge in [-0.2, -0.15) is 11.8 Å². The third-order valence-electron chi connectivity index (χ3n) is 3.39. The zero-order valence-corrected chi connectivity index (χ0v) is 9.57. The largest absolute Gasteiger partial charge is 0.381 e. The molecule has 2 aliphatic heterocycles. The lowest BCUT2D eigenvalue weighted by molar-refractivity contribution is 0.449. The van der Waals surface area contributed by atoms with E-state index in [1.165, 1.54) is 35.7 Å². The van der Waals surface area contributed by atoms with Crippen molar-refractivity contribution in [3.05, 3.63) is 24.3 Å². The second-order valence-electron chi connectivity index (χ2n) is 4.42. The predicted octanol–water partition coefficient (Wildman–Crippen LogP) is 2.79. The molecule has 0 atom stereocenters. The van der Waals surface area contributed by atoms with Crippen LogP contribution >= 0.6 is 11.8 Å². The molecule has 1 saturated heterocycles. The number of hydrogen-bond acceptors (Lipinski definition) is 3. The predicted molar refractivity (Wildman–Crippen MR) is 67.8 cm³/mol. The van der Waals surface area contributed by atoms with Gasteiger partial charge in [0.15, 0.2) is 0 Å². The summed E-state index contributed by atoms with van der Waals surface area (Å²) >= 11 is 2.08. The van der Waals surface area contributed by atoms with Crippen molar-refractivity contribution in [3.8, 4) is 0 Å². The van der Waals surface area contributed by atoms with Crippen LogP contribution in [0.3, 0.4) is 0 Å². The molecule has 0 bridgehead atoms. The molecule has 1 aromatic rings. The van der Waals surface area contributed by atoms with Crippen molar-refractivity contribution in [1.29, 1.82) is 0 Å². The Kier molecular flexibility index (Phi) is 2.28. The fraction of sp³-hybridized carbons (Fsp3) is 0.500. The first-order valence-electron chi connectivity index (χ1n) is 5.57. The third kappa shape index (κ3) is 1.69. The van der Waals surface area contributed by atoms with Crippen LogP contribution in [0.5, 0.6) is 0 Å². The maximum absolute atomic E-state index is 3.74. The molecule has 2 heterocycles. The highest BCUT2D eigenvalue weighted by molar-refractivity contribution is 7.99. The summed E-state index contributed by atoms with van der Waals surface area (Å²) < 4.78 is 0. The SMILES string of the molecule is c1ccc2c(c1)NCC1(CCSCC1)N2. The zero-order chi connectivity index (χ0) is 10.1. The summed E-state index contributed by atoms with van der Waals surface area (Å²) in [7, 11) is 0. The van der Waals surface area contributed by atoms with Crippen LogP contribution in [0.4, 0.5) is 11.4 Å². The molecule has 2 aliphatic rings. The van der Waals surface area contributed by atoms with E-state index >= 15 is 0 Å². The molecule has 1 aromatic carbocycles. The van der Waals surface area contributed by atoms with Gasteiger partial charge in [0.25, 0.3) is 0 Å². The fourth-order valence-electron chi connectivity index (χ4n) is 2.40. The Morgan fingerprint density at radius 3 is 2.60 bits per heavy atom. The first-order valence-corrected chi connectivity index (χ1v) is 6.72. The van der Waals surface area contributed by atoms with Crippen LogP contribution < -0.4 is 10.6 Å². The maximum atomic E-state index is 3.74. The highest BCUT2D eigenvalue weighted by Gasteiger charge is 2.34. The Balaban J connectivity index is 1.87. The highest BCUT2D eigenvalue weighted by atomic mass is 32.2. The van der Waals surface area contributed by atoms with E-state index in [9.17, 15) is 0 Å². The summed E-state index contributed by atoms with van der Waals surface area (Å²) in [6.45, 7) is 1.07. The van der Waals surface area contributed by atoms with Crippen molar-refractivity contribution in [3.63, 3.8) is 0 Å². The van der Waals surface area contributed by atoms with E-state index in [4.69, 9.17) is 0 Å². The number of benzene rings is 1. The van der Waals surface area contributed by atoms with Gasteiger partial charge in [-0.05, 0) is 36.5 Å². The number of nitrogens with one attached hydrogen (secondary N) is 2. The molecule has 0 radical (unpaired) electrons. The van der Waals surface area contributed by atoms with Crippen molar-refractivity contribution in [2.24, 2.45) is 0 Å². The molecule has 3 rings (SSSR count). The number of fused-ring (bicyclic) bond motifs is 1. The minimum absolute atomic E-state index is 0.319. The van der Waals surface area contributed by atoms with Gasteiger partial charge in [0.2, 0.25) is 0 Å². The summed E-state index contributed by atoms with van der Waals surface area (Å²) in [6, 6.07) is 8.50. The Labute approximate surface area is 94.8 Å². The van der Waals surface area contributed by atoms with Gasteiger partial charge in [-0.25, -0.2) is 0 Å². The molecule has 2 N–H and O–H groups in total. The second kappa shape index (κ2) is 3.63. The van der Waals surface area contributed by atoms with E-state index in [1.807, 2.05) is 0 Å². The monoisotopic (exact) mass is 220 g/mol. The Bertz CT molecular complexity index is 358. The van der Waals surface area contributed by atoms with Crippen LogP contribution in [-0.4, -0.2) is 23.6 Å². The molecule has 1 fully saturated rings. The summed E-state index contributed by atoms with van der Waals surface area (Å²) in [5, 5.41) is 7.29. The van der Waals surface area contributed by atoms with Gasteiger partial charge in [0.05, 0.1) is 16.9 Å². The van der Waals surface area contributed by atoms with Crippen LogP contribution in [0.25, 0.3) is 0 Å². The first kappa shape index (κ1) is 9.40. The lowest BCUT2D eigenvalue weighted by atomic mass is 9.89. The van der Waals surface area contributed by atoms with Crippen LogP contribution in [0, 0.1) is 0 Å². The normalized spacial score (nSPS) is 22.7. The van der Waals surface area contributed by atoms with E-state index in [2.05, 4.69) is 46.7 Å². The quantitative estimate of drug-likeness (QED) is 0.703. The Morgan fingerprint density at radius 2 is 1.80 bits per heavy atom. The molecule has 0 saturated carbocycles. The van der Waals surface area contributed by atoms with Gasteiger partial charge in [0.1, 0.15) is 0 Å². The highest BCUT2D eigenvalue weighted by Crippen LogP contribution is 2.36.